The van der Waals surface area contributed by atoms with Crippen molar-refractivity contribution in [3.05, 3.63) is 12.3 Å². The quantitative estimate of drug-likeness (QED) is 0.553. The van der Waals surface area contributed by atoms with E-state index in [9.17, 15) is 0 Å². The molecule has 3 nitrogen and oxygen atoms in total. The maximum Gasteiger partial charge on any atom is 0.200 e. The lowest BCUT2D eigenvalue weighted by Gasteiger charge is -2.19. The predicted molar refractivity (Wildman–Crippen MR) is 47.5 cm³/mol. The minimum atomic E-state index is 1.01. The van der Waals surface area contributed by atoms with Crippen LogP contribution in [0.15, 0.2) is 17.3 Å². The molecule has 62 valence electrons. The molecule has 0 aromatic rings. The Morgan fingerprint density at radius 1 is 1.55 bits per heavy atom. The van der Waals surface area contributed by atoms with Crippen LogP contribution >= 0.6 is 0 Å². The zero-order chi connectivity index (χ0) is 8.43. The first-order valence-corrected chi connectivity index (χ1v) is 3.77. The highest BCUT2D eigenvalue weighted by Gasteiger charge is 2.22. The molecule has 0 bridgehead atoms. The van der Waals surface area contributed by atoms with Gasteiger partial charge in [-0.25, -0.2) is 0 Å². The summed E-state index contributed by atoms with van der Waals surface area (Å²) in [6, 6.07) is 0. The standard InChI is InChI=1S/C8H15N3/c1-7(2)11-6-5-10(4)8(11)9-3/h1,5-6H2,2-4H3. The van der Waals surface area contributed by atoms with Crippen LogP contribution in [0.5, 0.6) is 0 Å². The first kappa shape index (κ1) is 8.11. The Labute approximate surface area is 68.0 Å². The van der Waals surface area contributed by atoms with Gasteiger partial charge >= 0.3 is 0 Å². The van der Waals surface area contributed by atoms with Crippen LogP contribution < -0.4 is 0 Å². The second-order valence-corrected chi connectivity index (χ2v) is 2.83. The Kier molecular flexibility index (Phi) is 2.17. The Morgan fingerprint density at radius 2 is 2.18 bits per heavy atom. The van der Waals surface area contributed by atoms with Gasteiger partial charge in [-0.2, -0.15) is 0 Å². The van der Waals surface area contributed by atoms with E-state index in [-0.39, 0.29) is 0 Å². The zero-order valence-corrected chi connectivity index (χ0v) is 7.46. The van der Waals surface area contributed by atoms with Crippen LogP contribution in [0.3, 0.4) is 0 Å². The van der Waals surface area contributed by atoms with Gasteiger partial charge in [0.1, 0.15) is 0 Å². The van der Waals surface area contributed by atoms with E-state index in [0.29, 0.717) is 0 Å². The number of guanidine groups is 1. The summed E-state index contributed by atoms with van der Waals surface area (Å²) >= 11 is 0. The number of hydrogen-bond donors (Lipinski definition) is 0. The number of aliphatic imine (C=N–C) groups is 1. The molecule has 11 heavy (non-hydrogen) atoms. The number of allylic oxidation sites excluding steroid dienone is 1. The molecule has 1 aliphatic heterocycles. The Morgan fingerprint density at radius 3 is 2.55 bits per heavy atom. The molecule has 0 radical (unpaired) electrons. The average Bonchev–Trinajstić information content (AvgIpc) is 2.30. The number of nitrogens with zero attached hydrogens (tertiary/aromatic N) is 3. The van der Waals surface area contributed by atoms with Crippen LogP contribution in [0, 0.1) is 0 Å². The van der Waals surface area contributed by atoms with Gasteiger partial charge in [0, 0.05) is 32.9 Å². The van der Waals surface area contributed by atoms with E-state index >= 15 is 0 Å². The first-order chi connectivity index (χ1) is 5.16. The monoisotopic (exact) mass is 153 g/mol. The van der Waals surface area contributed by atoms with Crippen LogP contribution in [0.1, 0.15) is 6.92 Å². The van der Waals surface area contributed by atoms with Gasteiger partial charge in [-0.15, -0.1) is 0 Å². The summed E-state index contributed by atoms with van der Waals surface area (Å²) in [5.41, 5.74) is 1.06. The highest BCUT2D eigenvalue weighted by Crippen LogP contribution is 2.11. The molecule has 0 N–H and O–H groups in total. The van der Waals surface area contributed by atoms with Crippen molar-refractivity contribution >= 4 is 5.96 Å². The molecule has 0 unspecified atom stereocenters. The molecule has 1 aliphatic rings. The molecule has 0 atom stereocenters. The Hall–Kier alpha value is -0.990. The SMILES string of the molecule is C=C(C)N1CCN(C)C1=NC. The summed E-state index contributed by atoms with van der Waals surface area (Å²) < 4.78 is 0. The summed E-state index contributed by atoms with van der Waals surface area (Å²) in [6.45, 7) is 7.95. The van der Waals surface area contributed by atoms with Crippen molar-refractivity contribution in [2.75, 3.05) is 27.2 Å². The van der Waals surface area contributed by atoms with E-state index in [0.717, 1.165) is 24.7 Å². The van der Waals surface area contributed by atoms with Crippen LogP contribution in [-0.2, 0) is 0 Å². The lowest BCUT2D eigenvalue weighted by molar-refractivity contribution is 0.556. The van der Waals surface area contributed by atoms with Gasteiger partial charge in [0.05, 0.1) is 0 Å². The van der Waals surface area contributed by atoms with Gasteiger partial charge < -0.3 is 9.80 Å². The molecule has 0 aromatic carbocycles. The molecular formula is C8H15N3. The van der Waals surface area contributed by atoms with Crippen molar-refractivity contribution in [1.82, 2.24) is 9.80 Å². The van der Waals surface area contributed by atoms with E-state index in [1.807, 2.05) is 21.0 Å². The van der Waals surface area contributed by atoms with Crippen molar-refractivity contribution in [2.24, 2.45) is 4.99 Å². The van der Waals surface area contributed by atoms with Gasteiger partial charge in [-0.1, -0.05) is 6.58 Å². The second-order valence-electron chi connectivity index (χ2n) is 2.83. The molecule has 1 rings (SSSR count). The number of hydrogen-bond acceptors (Lipinski definition) is 1. The van der Waals surface area contributed by atoms with Crippen LogP contribution in [0.25, 0.3) is 0 Å². The molecule has 0 aliphatic carbocycles. The third kappa shape index (κ3) is 1.37. The Balaban J connectivity index is 2.78. The molecule has 1 heterocycles. The summed E-state index contributed by atoms with van der Waals surface area (Å²) in [7, 11) is 3.86. The molecule has 0 aromatic heterocycles. The van der Waals surface area contributed by atoms with Crippen molar-refractivity contribution in [3.63, 3.8) is 0 Å². The number of rotatable bonds is 1. The van der Waals surface area contributed by atoms with Crippen molar-refractivity contribution in [2.45, 2.75) is 6.92 Å². The predicted octanol–water partition coefficient (Wildman–Crippen LogP) is 0.753. The molecule has 1 fully saturated rings. The average molecular weight is 153 g/mol. The normalized spacial score (nSPS) is 21.5. The molecule has 1 saturated heterocycles. The third-order valence-electron chi connectivity index (χ3n) is 1.90. The maximum atomic E-state index is 4.18. The maximum absolute atomic E-state index is 4.18. The largest absolute Gasteiger partial charge is 0.344 e. The lowest BCUT2D eigenvalue weighted by Crippen LogP contribution is -2.29. The molecule has 0 spiro atoms. The van der Waals surface area contributed by atoms with Gasteiger partial charge in [-0.3, -0.25) is 4.99 Å². The molecule has 3 heteroatoms. The second kappa shape index (κ2) is 2.95. The zero-order valence-electron chi connectivity index (χ0n) is 7.46. The highest BCUT2D eigenvalue weighted by molar-refractivity contribution is 5.83. The van der Waals surface area contributed by atoms with Crippen LogP contribution in [0.2, 0.25) is 0 Å². The Bertz CT molecular complexity index is 196. The smallest absolute Gasteiger partial charge is 0.200 e. The molecule has 0 saturated carbocycles. The van der Waals surface area contributed by atoms with Crippen LogP contribution in [-0.4, -0.2) is 42.9 Å². The first-order valence-electron chi connectivity index (χ1n) is 3.77. The van der Waals surface area contributed by atoms with Gasteiger partial charge in [0.15, 0.2) is 5.96 Å². The van der Waals surface area contributed by atoms with E-state index in [1.165, 1.54) is 0 Å². The van der Waals surface area contributed by atoms with Gasteiger partial charge in [0.2, 0.25) is 0 Å². The van der Waals surface area contributed by atoms with E-state index in [2.05, 4.69) is 21.4 Å². The van der Waals surface area contributed by atoms with Gasteiger partial charge in [0.25, 0.3) is 0 Å². The fraction of sp³-hybridized carbons (Fsp3) is 0.625. The van der Waals surface area contributed by atoms with E-state index in [4.69, 9.17) is 0 Å². The van der Waals surface area contributed by atoms with Crippen molar-refractivity contribution in [1.29, 1.82) is 0 Å². The number of likely N-dealkylation sites (N-methyl/N-ethyl adjacent to an activating group) is 1. The summed E-state index contributed by atoms with van der Waals surface area (Å²) in [5.74, 6) is 1.03. The van der Waals surface area contributed by atoms with Crippen molar-refractivity contribution < 1.29 is 0 Å². The van der Waals surface area contributed by atoms with E-state index < -0.39 is 0 Å². The topological polar surface area (TPSA) is 18.8 Å². The van der Waals surface area contributed by atoms with E-state index in [1.54, 1.807) is 0 Å². The summed E-state index contributed by atoms with van der Waals surface area (Å²) in [6.07, 6.45) is 0. The molecule has 0 amide bonds. The fourth-order valence-corrected chi connectivity index (χ4v) is 1.31. The van der Waals surface area contributed by atoms with Crippen molar-refractivity contribution in [3.8, 4) is 0 Å². The van der Waals surface area contributed by atoms with Gasteiger partial charge in [-0.05, 0) is 6.92 Å². The fourth-order valence-electron chi connectivity index (χ4n) is 1.31. The third-order valence-corrected chi connectivity index (χ3v) is 1.90. The minimum Gasteiger partial charge on any atom is -0.344 e. The summed E-state index contributed by atoms with van der Waals surface area (Å²) in [4.78, 5) is 8.44. The molecular weight excluding hydrogens is 138 g/mol. The lowest BCUT2D eigenvalue weighted by atomic mass is 10.5. The van der Waals surface area contributed by atoms with Crippen LogP contribution in [0.4, 0.5) is 0 Å². The minimum absolute atomic E-state index is 1.01. The summed E-state index contributed by atoms with van der Waals surface area (Å²) in [5, 5.41) is 0. The highest BCUT2D eigenvalue weighted by atomic mass is 15.4.